The number of benzene rings is 2. The fraction of sp³-hybridized carbons (Fsp3) is 0.355. The van der Waals surface area contributed by atoms with Gasteiger partial charge < -0.3 is 30.3 Å². The molecule has 0 saturated carbocycles. The Morgan fingerprint density at radius 2 is 1.82 bits per heavy atom. The average molecular weight is 642 g/mol. The number of nitrogens with zero attached hydrogens (tertiary/aromatic N) is 5. The summed E-state index contributed by atoms with van der Waals surface area (Å²) >= 11 is 0. The lowest BCUT2D eigenvalue weighted by molar-refractivity contribution is -0.141. The second-order valence-electron chi connectivity index (χ2n) is 11.0. The highest BCUT2D eigenvalue weighted by molar-refractivity contribution is 5.96. The van der Waals surface area contributed by atoms with E-state index in [1.165, 1.54) is 31.6 Å². The lowest BCUT2D eigenvalue weighted by atomic mass is 9.93. The predicted molar refractivity (Wildman–Crippen MR) is 166 cm³/mol. The molecule has 2 aromatic carbocycles. The largest absolute Gasteiger partial charge is 0.494 e. The number of β-amino-alcohol motifs (C(OH)–C–C–N with tert-alkyl or cyclic N) is 1. The van der Waals surface area contributed by atoms with Crippen molar-refractivity contribution in [2.75, 3.05) is 51.7 Å². The van der Waals surface area contributed by atoms with Gasteiger partial charge in [0.1, 0.15) is 0 Å². The summed E-state index contributed by atoms with van der Waals surface area (Å²) in [5.74, 6) is -2.48. The van der Waals surface area contributed by atoms with Crippen LogP contribution in [0.2, 0.25) is 0 Å². The van der Waals surface area contributed by atoms with E-state index in [1.807, 2.05) is 13.0 Å². The number of methoxy groups -OCH3 is 1. The number of piperazine rings is 1. The molecule has 3 N–H and O–H groups in total. The van der Waals surface area contributed by atoms with Crippen molar-refractivity contribution in [1.29, 1.82) is 0 Å². The van der Waals surface area contributed by atoms with Crippen LogP contribution in [0.1, 0.15) is 22.3 Å². The molecule has 0 aliphatic carbocycles. The number of rotatable bonds is 6. The van der Waals surface area contributed by atoms with Crippen molar-refractivity contribution in [2.45, 2.75) is 19.4 Å². The van der Waals surface area contributed by atoms with Crippen LogP contribution < -0.4 is 15.4 Å². The summed E-state index contributed by atoms with van der Waals surface area (Å²) < 4.78 is 35.7. The van der Waals surface area contributed by atoms with Gasteiger partial charge in [0, 0.05) is 61.9 Å². The number of aliphatic hydroxyl groups is 1. The number of imidazole rings is 1. The number of ether oxygens (including phenoxy) is 1. The van der Waals surface area contributed by atoms with Crippen molar-refractivity contribution in [3.63, 3.8) is 0 Å². The number of aromatic nitrogens is 3. The molecular weight excluding hydrogens is 608 g/mol. The van der Waals surface area contributed by atoms with Crippen LogP contribution in [0.5, 0.6) is 5.75 Å². The summed E-state index contributed by atoms with van der Waals surface area (Å²) in [5, 5.41) is 16.5. The first-order chi connectivity index (χ1) is 21.3. The molecule has 4 aromatic rings. The van der Waals surface area contributed by atoms with Crippen molar-refractivity contribution < 1.29 is 28.2 Å². The summed E-state index contributed by atoms with van der Waals surface area (Å²) in [7, 11) is 1.27. The molecule has 4 heterocycles. The molecule has 14 heteroatoms. The van der Waals surface area contributed by atoms with Crippen molar-refractivity contribution in [2.24, 2.45) is 5.92 Å². The summed E-state index contributed by atoms with van der Waals surface area (Å²) in [6.45, 7) is 4.65. The van der Waals surface area contributed by atoms with E-state index >= 15 is 0 Å². The van der Waals surface area contributed by atoms with E-state index in [0.29, 0.717) is 74.1 Å². The molecule has 0 spiro atoms. The fourth-order valence-electron chi connectivity index (χ4n) is 5.88. The van der Waals surface area contributed by atoms with E-state index in [0.717, 1.165) is 5.56 Å². The third-order valence-corrected chi connectivity index (χ3v) is 8.34. The Morgan fingerprint density at radius 3 is 2.53 bits per heavy atom. The van der Waals surface area contributed by atoms with E-state index in [1.54, 1.807) is 32.5 Å². The Bertz CT molecular complexity index is 1730. The zero-order valence-electron chi connectivity index (χ0n) is 24.8. The summed E-state index contributed by atoms with van der Waals surface area (Å²) in [5.41, 5.74) is 2.75. The van der Waals surface area contributed by atoms with Crippen molar-refractivity contribution in [3.8, 4) is 17.0 Å². The summed E-state index contributed by atoms with van der Waals surface area (Å²) in [4.78, 5) is 38.6. The first-order valence-electron chi connectivity index (χ1n) is 14.5. The number of carbonyl (C=O) groups is 2. The number of hydrogen-bond acceptors (Lipinski definition) is 8. The molecule has 6 rings (SSSR count). The van der Waals surface area contributed by atoms with Gasteiger partial charge >= 0.3 is 0 Å². The van der Waals surface area contributed by atoms with Gasteiger partial charge in [0.15, 0.2) is 23.0 Å². The number of aryl methyl sites for hydroxylation is 1. The Kier molecular flexibility index (Phi) is 9.51. The number of amides is 2. The third kappa shape index (κ3) is 6.15. The van der Waals surface area contributed by atoms with Crippen LogP contribution in [-0.2, 0) is 4.79 Å². The average Bonchev–Trinajstić information content (AvgIpc) is 3.47. The molecule has 2 aliphatic rings. The maximum Gasteiger partial charge on any atom is 0.254 e. The maximum absolute atomic E-state index is 14.8. The van der Waals surface area contributed by atoms with Crippen LogP contribution in [0.4, 0.5) is 20.3 Å². The van der Waals surface area contributed by atoms with Gasteiger partial charge in [-0.2, -0.15) is 4.39 Å². The molecule has 0 unspecified atom stereocenters. The normalized spacial score (nSPS) is 18.4. The maximum atomic E-state index is 14.8. The highest BCUT2D eigenvalue weighted by Crippen LogP contribution is 2.32. The number of fused-ring (bicyclic) bond motifs is 1. The first kappa shape index (κ1) is 32.1. The van der Waals surface area contributed by atoms with E-state index in [4.69, 9.17) is 4.74 Å². The van der Waals surface area contributed by atoms with Gasteiger partial charge in [-0.15, -0.1) is 12.4 Å². The van der Waals surface area contributed by atoms with Gasteiger partial charge in [0.25, 0.3) is 5.91 Å². The standard InChI is InChI=1S/C31H33F2N7O4.ClH/c1-18-15-19(3-4-20(18)30(42)38-11-13-39(14-12-38)31(43)22-7-8-34-17-24(22)41)37-28-29-36-16-23(40(29)10-9-35-28)21-5-6-25(44-2)27(33)26(21)32;/h3-6,9-10,15-16,22,24,34,41H,7-8,11-14,17H2,1-2H3,(H,35,37);1H/t22-,24-;/m0./s1. The molecule has 45 heavy (non-hydrogen) atoms. The molecule has 2 aliphatic heterocycles. The van der Waals surface area contributed by atoms with Crippen molar-refractivity contribution in [1.82, 2.24) is 29.5 Å². The number of nitrogens with one attached hydrogen (secondary N) is 2. The minimum atomic E-state index is -1.08. The number of piperidine rings is 1. The van der Waals surface area contributed by atoms with Crippen LogP contribution in [0, 0.1) is 24.5 Å². The summed E-state index contributed by atoms with van der Waals surface area (Å²) in [6.07, 6.45) is 4.50. The van der Waals surface area contributed by atoms with Crippen molar-refractivity contribution >= 4 is 41.4 Å². The van der Waals surface area contributed by atoms with E-state index < -0.39 is 23.7 Å². The van der Waals surface area contributed by atoms with Crippen LogP contribution in [0.25, 0.3) is 16.9 Å². The quantitative estimate of drug-likeness (QED) is 0.293. The van der Waals surface area contributed by atoms with Gasteiger partial charge in [-0.1, -0.05) is 0 Å². The number of hydrogen-bond donors (Lipinski definition) is 3. The number of halogens is 3. The van der Waals surface area contributed by atoms with E-state index in [-0.39, 0.29) is 35.5 Å². The van der Waals surface area contributed by atoms with Crippen LogP contribution in [0.3, 0.4) is 0 Å². The summed E-state index contributed by atoms with van der Waals surface area (Å²) in [6, 6.07) is 8.14. The van der Waals surface area contributed by atoms with Crippen LogP contribution >= 0.6 is 12.4 Å². The topological polar surface area (TPSA) is 124 Å². The van der Waals surface area contributed by atoms with Crippen LogP contribution in [0.15, 0.2) is 48.9 Å². The van der Waals surface area contributed by atoms with Gasteiger partial charge in [0.2, 0.25) is 11.7 Å². The third-order valence-electron chi connectivity index (χ3n) is 8.34. The van der Waals surface area contributed by atoms with Crippen LogP contribution in [-0.4, -0.2) is 93.6 Å². The second-order valence-corrected chi connectivity index (χ2v) is 11.0. The van der Waals surface area contributed by atoms with Gasteiger partial charge in [0.05, 0.1) is 31.0 Å². The number of carbonyl (C=O) groups excluding carboxylic acids is 2. The fourth-order valence-corrected chi connectivity index (χ4v) is 5.88. The molecule has 11 nitrogen and oxygen atoms in total. The minimum absolute atomic E-state index is 0. The van der Waals surface area contributed by atoms with Crippen molar-refractivity contribution in [3.05, 3.63) is 71.7 Å². The molecule has 238 valence electrons. The smallest absolute Gasteiger partial charge is 0.254 e. The molecular formula is C31H34ClF2N7O4. The minimum Gasteiger partial charge on any atom is -0.494 e. The number of aliphatic hydroxyl groups excluding tert-OH is 1. The predicted octanol–water partition coefficient (Wildman–Crippen LogP) is 3.41. The lowest BCUT2D eigenvalue weighted by Gasteiger charge is -2.38. The molecule has 0 bridgehead atoms. The number of anilines is 2. The molecule has 0 radical (unpaired) electrons. The van der Waals surface area contributed by atoms with Gasteiger partial charge in [-0.25, -0.2) is 14.4 Å². The van der Waals surface area contributed by atoms with E-state index in [9.17, 15) is 23.5 Å². The zero-order chi connectivity index (χ0) is 31.0. The highest BCUT2D eigenvalue weighted by atomic mass is 35.5. The molecule has 2 aromatic heterocycles. The van der Waals surface area contributed by atoms with E-state index in [2.05, 4.69) is 20.6 Å². The highest BCUT2D eigenvalue weighted by Gasteiger charge is 2.34. The van der Waals surface area contributed by atoms with Gasteiger partial charge in [-0.3, -0.25) is 14.0 Å². The zero-order valence-corrected chi connectivity index (χ0v) is 25.6. The lowest BCUT2D eigenvalue weighted by Crippen LogP contribution is -2.55. The Balaban J connectivity index is 0.00000400. The molecule has 2 fully saturated rings. The van der Waals surface area contributed by atoms with Gasteiger partial charge in [-0.05, 0) is 55.8 Å². The molecule has 2 atom stereocenters. The SMILES string of the molecule is COc1ccc(-c2cnc3c(Nc4ccc(C(=O)N5CCN(C(=O)[C@H]6CCNC[C@@H]6O)CC5)c(C)c4)nccn23)c(F)c1F.Cl. The first-order valence-corrected chi connectivity index (χ1v) is 14.5. The monoisotopic (exact) mass is 641 g/mol. The Morgan fingerprint density at radius 1 is 1.07 bits per heavy atom. The molecule has 2 saturated heterocycles. The second kappa shape index (κ2) is 13.3. The Hall–Kier alpha value is -4.33. The molecule has 2 amide bonds. The Labute approximate surface area is 264 Å².